The monoisotopic (exact) mass is 424 g/mol. The molecule has 0 radical (unpaired) electrons. The highest BCUT2D eigenvalue weighted by Crippen LogP contribution is 2.35. The molecule has 2 aromatic carbocycles. The SMILES string of the molecule is CCCC(=O)c1cnc2c(OCCS(C)=O)cccc2c1Nc1ccccc1CC. The van der Waals surface area contributed by atoms with Gasteiger partial charge in [-0.2, -0.15) is 0 Å². The van der Waals surface area contributed by atoms with Crippen LogP contribution in [-0.2, 0) is 17.2 Å². The van der Waals surface area contributed by atoms with Gasteiger partial charge in [-0.3, -0.25) is 14.0 Å². The van der Waals surface area contributed by atoms with E-state index in [1.165, 1.54) is 5.56 Å². The number of para-hydroxylation sites is 2. The summed E-state index contributed by atoms with van der Waals surface area (Å²) in [7, 11) is -0.922. The summed E-state index contributed by atoms with van der Waals surface area (Å²) in [5, 5.41) is 4.34. The van der Waals surface area contributed by atoms with Crippen LogP contribution in [0.25, 0.3) is 10.9 Å². The third-order valence-corrected chi connectivity index (χ3v) is 5.67. The van der Waals surface area contributed by atoms with Gasteiger partial charge in [0.1, 0.15) is 11.3 Å². The molecule has 158 valence electrons. The predicted octanol–water partition coefficient (Wildman–Crippen LogP) is 5.28. The van der Waals surface area contributed by atoms with Gasteiger partial charge in [-0.1, -0.05) is 44.2 Å². The zero-order valence-corrected chi connectivity index (χ0v) is 18.6. The fourth-order valence-corrected chi connectivity index (χ4v) is 3.69. The Labute approximate surface area is 180 Å². The van der Waals surface area contributed by atoms with Gasteiger partial charge in [-0.25, -0.2) is 0 Å². The summed E-state index contributed by atoms with van der Waals surface area (Å²) in [6, 6.07) is 13.8. The Morgan fingerprint density at radius 1 is 1.13 bits per heavy atom. The minimum absolute atomic E-state index is 0.0658. The standard InChI is InChI=1S/C24H28N2O3S/c1-4-9-21(27)19-16-25-24-18(11-8-13-22(24)29-14-15-30(3)28)23(19)26-20-12-7-6-10-17(20)5-2/h6-8,10-13,16H,4-5,9,14-15H2,1-3H3,(H,25,26). The number of hydrogen-bond acceptors (Lipinski definition) is 5. The normalized spacial score (nSPS) is 12.0. The molecule has 6 heteroatoms. The molecule has 1 atom stereocenters. The Bertz CT molecular complexity index is 1070. The van der Waals surface area contributed by atoms with Crippen molar-refractivity contribution < 1.29 is 13.7 Å². The van der Waals surface area contributed by atoms with Crippen LogP contribution in [0.5, 0.6) is 5.75 Å². The molecule has 0 aliphatic rings. The minimum Gasteiger partial charge on any atom is -0.490 e. The van der Waals surface area contributed by atoms with Crippen LogP contribution in [0, 0.1) is 0 Å². The maximum atomic E-state index is 12.8. The first-order chi connectivity index (χ1) is 14.5. The number of hydrogen-bond donors (Lipinski definition) is 1. The van der Waals surface area contributed by atoms with Gasteiger partial charge >= 0.3 is 0 Å². The maximum absolute atomic E-state index is 12.8. The number of Topliss-reactive ketones (excluding diaryl/α,β-unsaturated/α-hetero) is 1. The third-order valence-electron chi connectivity index (χ3n) is 4.92. The fourth-order valence-electron chi connectivity index (χ4n) is 3.37. The lowest BCUT2D eigenvalue weighted by Gasteiger charge is -2.17. The lowest BCUT2D eigenvalue weighted by Crippen LogP contribution is -2.09. The average Bonchev–Trinajstić information content (AvgIpc) is 2.74. The van der Waals surface area contributed by atoms with Crippen molar-refractivity contribution >= 4 is 38.9 Å². The van der Waals surface area contributed by atoms with Crippen molar-refractivity contribution in [3.8, 4) is 5.75 Å². The van der Waals surface area contributed by atoms with E-state index in [-0.39, 0.29) is 5.78 Å². The number of carbonyl (C=O) groups is 1. The van der Waals surface area contributed by atoms with Gasteiger partial charge in [0.05, 0.1) is 23.6 Å². The average molecular weight is 425 g/mol. The topological polar surface area (TPSA) is 68.3 Å². The third kappa shape index (κ3) is 5.05. The van der Waals surface area contributed by atoms with Crippen LogP contribution in [0.3, 0.4) is 0 Å². The molecule has 30 heavy (non-hydrogen) atoms. The largest absolute Gasteiger partial charge is 0.490 e. The Hall–Kier alpha value is -2.73. The molecular formula is C24H28N2O3S. The van der Waals surface area contributed by atoms with Crippen molar-refractivity contribution in [1.29, 1.82) is 0 Å². The summed E-state index contributed by atoms with van der Waals surface area (Å²) >= 11 is 0. The van der Waals surface area contributed by atoms with E-state index in [0.29, 0.717) is 35.6 Å². The highest BCUT2D eigenvalue weighted by molar-refractivity contribution is 7.84. The second-order valence-corrected chi connectivity index (χ2v) is 8.69. The van der Waals surface area contributed by atoms with Crippen LogP contribution in [0.1, 0.15) is 42.6 Å². The Balaban J connectivity index is 2.11. The number of anilines is 2. The first-order valence-electron chi connectivity index (χ1n) is 10.3. The first kappa shape index (κ1) is 22.0. The van der Waals surface area contributed by atoms with E-state index >= 15 is 0 Å². The molecule has 0 saturated carbocycles. The molecule has 0 spiro atoms. The smallest absolute Gasteiger partial charge is 0.166 e. The Morgan fingerprint density at radius 2 is 1.93 bits per heavy atom. The fraction of sp³-hybridized carbons (Fsp3) is 0.333. The summed E-state index contributed by atoms with van der Waals surface area (Å²) in [6.45, 7) is 4.45. The van der Waals surface area contributed by atoms with Crippen molar-refractivity contribution in [1.82, 2.24) is 4.98 Å². The van der Waals surface area contributed by atoms with Crippen molar-refractivity contribution in [3.05, 3.63) is 59.8 Å². The van der Waals surface area contributed by atoms with Gasteiger partial charge in [-0.05, 0) is 30.5 Å². The van der Waals surface area contributed by atoms with Crippen molar-refractivity contribution in [2.75, 3.05) is 23.9 Å². The number of ketones is 1. The molecule has 3 rings (SSSR count). The number of rotatable bonds is 10. The predicted molar refractivity (Wildman–Crippen MR) is 125 cm³/mol. The van der Waals surface area contributed by atoms with Crippen molar-refractivity contribution in [2.45, 2.75) is 33.1 Å². The molecule has 1 aromatic heterocycles. The maximum Gasteiger partial charge on any atom is 0.166 e. The molecule has 0 amide bonds. The lowest BCUT2D eigenvalue weighted by molar-refractivity contribution is 0.0982. The summed E-state index contributed by atoms with van der Waals surface area (Å²) in [5.41, 5.74) is 4.18. The van der Waals surface area contributed by atoms with Gasteiger partial charge < -0.3 is 10.1 Å². The molecule has 0 bridgehead atoms. The summed E-state index contributed by atoms with van der Waals surface area (Å²) in [4.78, 5) is 17.4. The van der Waals surface area contributed by atoms with Crippen molar-refractivity contribution in [2.24, 2.45) is 0 Å². The number of aryl methyl sites for hydroxylation is 1. The van der Waals surface area contributed by atoms with Crippen LogP contribution in [0.15, 0.2) is 48.7 Å². The van der Waals surface area contributed by atoms with Gasteiger partial charge in [0, 0.05) is 40.7 Å². The number of carbonyl (C=O) groups excluding carboxylic acids is 1. The van der Waals surface area contributed by atoms with Gasteiger partial charge in [0.15, 0.2) is 5.78 Å². The second kappa shape index (κ2) is 10.3. The van der Waals surface area contributed by atoms with E-state index in [0.717, 1.165) is 29.6 Å². The first-order valence-corrected chi connectivity index (χ1v) is 12.0. The van der Waals surface area contributed by atoms with E-state index in [1.807, 2.05) is 43.3 Å². The molecular weight excluding hydrogens is 396 g/mol. The molecule has 5 nitrogen and oxygen atoms in total. The number of pyridine rings is 1. The van der Waals surface area contributed by atoms with E-state index in [1.54, 1.807) is 12.5 Å². The van der Waals surface area contributed by atoms with E-state index in [9.17, 15) is 9.00 Å². The van der Waals surface area contributed by atoms with Gasteiger partial charge in [0.25, 0.3) is 0 Å². The number of aromatic nitrogens is 1. The molecule has 1 N–H and O–H groups in total. The quantitative estimate of drug-likeness (QED) is 0.448. The minimum atomic E-state index is -0.922. The molecule has 1 heterocycles. The van der Waals surface area contributed by atoms with Crippen LogP contribution >= 0.6 is 0 Å². The summed E-state index contributed by atoms with van der Waals surface area (Å²) in [5.74, 6) is 1.15. The molecule has 0 aliphatic carbocycles. The lowest BCUT2D eigenvalue weighted by atomic mass is 10.0. The van der Waals surface area contributed by atoms with Crippen LogP contribution in [0.2, 0.25) is 0 Å². The van der Waals surface area contributed by atoms with Crippen LogP contribution in [0.4, 0.5) is 11.4 Å². The van der Waals surface area contributed by atoms with Crippen molar-refractivity contribution in [3.63, 3.8) is 0 Å². The van der Waals surface area contributed by atoms with E-state index in [4.69, 9.17) is 4.74 Å². The summed E-state index contributed by atoms with van der Waals surface area (Å²) in [6.07, 6.45) is 5.42. The molecule has 1 unspecified atom stereocenters. The zero-order chi connectivity index (χ0) is 21.5. The van der Waals surface area contributed by atoms with Gasteiger partial charge in [0.2, 0.25) is 0 Å². The zero-order valence-electron chi connectivity index (χ0n) is 17.7. The molecule has 0 aliphatic heterocycles. The molecule has 0 fully saturated rings. The van der Waals surface area contributed by atoms with Gasteiger partial charge in [-0.15, -0.1) is 0 Å². The number of ether oxygens (including phenoxy) is 1. The van der Waals surface area contributed by atoms with Crippen LogP contribution in [-0.4, -0.2) is 33.6 Å². The molecule has 0 saturated heterocycles. The second-order valence-electron chi connectivity index (χ2n) is 7.13. The Kier molecular flexibility index (Phi) is 7.57. The Morgan fingerprint density at radius 3 is 2.67 bits per heavy atom. The summed E-state index contributed by atoms with van der Waals surface area (Å²) < 4.78 is 17.2. The number of nitrogens with one attached hydrogen (secondary N) is 1. The highest BCUT2D eigenvalue weighted by Gasteiger charge is 2.18. The van der Waals surface area contributed by atoms with E-state index in [2.05, 4.69) is 23.3 Å². The van der Waals surface area contributed by atoms with E-state index < -0.39 is 10.8 Å². The number of fused-ring (bicyclic) bond motifs is 1. The number of benzene rings is 2. The molecule has 3 aromatic rings. The highest BCUT2D eigenvalue weighted by atomic mass is 32.2. The van der Waals surface area contributed by atoms with Crippen LogP contribution < -0.4 is 10.1 Å². The number of nitrogens with zero attached hydrogens (tertiary/aromatic N) is 1.